The van der Waals surface area contributed by atoms with E-state index in [1.807, 2.05) is 65.6 Å². The Morgan fingerprint density at radius 2 is 1.61 bits per heavy atom. The SMILES string of the molecule is C=CCN(CCN1CCOCC1)C(=O)C1N([C@@H](CO)Cc2ccccc2)C(=O)[C@@H]2[C@H](C(=O)N(CC=C)Cc3ccccc3)[C@]3(C)CCC12S3. The van der Waals surface area contributed by atoms with E-state index in [-0.39, 0.29) is 24.3 Å². The molecule has 4 fully saturated rings. The van der Waals surface area contributed by atoms with Crippen LogP contribution >= 0.6 is 11.8 Å². The minimum Gasteiger partial charge on any atom is -0.394 e. The molecule has 4 aliphatic rings. The number of likely N-dealkylation sites (tertiary alicyclic amines) is 1. The summed E-state index contributed by atoms with van der Waals surface area (Å²) in [6.07, 6.45) is 5.25. The molecule has 1 N–H and O–H groups in total. The van der Waals surface area contributed by atoms with Gasteiger partial charge in [0, 0.05) is 50.6 Å². The van der Waals surface area contributed by atoms with Crippen molar-refractivity contribution >= 4 is 29.5 Å². The van der Waals surface area contributed by atoms with Gasteiger partial charge >= 0.3 is 0 Å². The second-order valence-electron chi connectivity index (χ2n) is 14.0. The first-order chi connectivity index (χ1) is 23.8. The zero-order chi connectivity index (χ0) is 34.6. The lowest BCUT2D eigenvalue weighted by atomic mass is 9.66. The Kier molecular flexibility index (Phi) is 11.0. The van der Waals surface area contributed by atoms with E-state index in [4.69, 9.17) is 4.74 Å². The normalized spacial score (nSPS) is 28.2. The minimum atomic E-state index is -0.817. The molecule has 9 nitrogen and oxygen atoms in total. The Labute approximate surface area is 294 Å². The van der Waals surface area contributed by atoms with Gasteiger partial charge in [0.25, 0.3) is 0 Å². The van der Waals surface area contributed by atoms with Crippen molar-refractivity contribution < 1.29 is 24.2 Å². The largest absolute Gasteiger partial charge is 0.394 e. The smallest absolute Gasteiger partial charge is 0.247 e. The van der Waals surface area contributed by atoms with Crippen LogP contribution in [0.15, 0.2) is 86.0 Å². The zero-order valence-corrected chi connectivity index (χ0v) is 29.4. The topological polar surface area (TPSA) is 93.6 Å². The molecule has 1 spiro atoms. The van der Waals surface area contributed by atoms with Gasteiger partial charge in [0.15, 0.2) is 0 Å². The maximum absolute atomic E-state index is 15.1. The number of hydrogen-bond acceptors (Lipinski definition) is 7. The Morgan fingerprint density at radius 1 is 0.980 bits per heavy atom. The average Bonchev–Trinajstić information content (AvgIpc) is 3.70. The van der Waals surface area contributed by atoms with E-state index in [0.717, 1.165) is 30.6 Å². The third-order valence-electron chi connectivity index (χ3n) is 11.0. The van der Waals surface area contributed by atoms with Crippen LogP contribution in [0.3, 0.4) is 0 Å². The van der Waals surface area contributed by atoms with Gasteiger partial charge in [-0.15, -0.1) is 24.9 Å². The molecule has 0 saturated carbocycles. The number of carbonyl (C=O) groups is 3. The van der Waals surface area contributed by atoms with Gasteiger partial charge in [0.2, 0.25) is 17.7 Å². The fourth-order valence-corrected chi connectivity index (χ4v) is 11.0. The van der Waals surface area contributed by atoms with Crippen LogP contribution in [0.1, 0.15) is 30.9 Å². The van der Waals surface area contributed by atoms with Crippen molar-refractivity contribution in [2.75, 3.05) is 59.1 Å². The van der Waals surface area contributed by atoms with E-state index in [1.54, 1.807) is 33.7 Å². The molecule has 0 aromatic heterocycles. The standard InChI is InChI=1S/C39H50N4O5S/c1-4-18-41(21-20-40-22-24-48-25-23-40)37(47)34-39-17-16-38(3,49-39)32(35(45)42(19-5-2)27-30-14-10-7-11-15-30)33(39)36(46)43(34)31(28-44)26-29-12-8-6-9-13-29/h4-15,31-34,44H,1-2,16-28H2,3H3/t31-,32-,33+,34?,38+,39?/m1/s1. The summed E-state index contributed by atoms with van der Waals surface area (Å²) in [7, 11) is 0. The summed E-state index contributed by atoms with van der Waals surface area (Å²) in [5.41, 5.74) is 1.98. The summed E-state index contributed by atoms with van der Waals surface area (Å²) in [6.45, 7) is 14.9. The summed E-state index contributed by atoms with van der Waals surface area (Å²) in [6, 6.07) is 18.2. The maximum atomic E-state index is 15.1. The van der Waals surface area contributed by atoms with Gasteiger partial charge in [0.1, 0.15) is 6.04 Å². The van der Waals surface area contributed by atoms with E-state index in [2.05, 4.69) is 25.0 Å². The van der Waals surface area contributed by atoms with Crippen LogP contribution in [0.25, 0.3) is 0 Å². The van der Waals surface area contributed by atoms with E-state index in [1.165, 1.54) is 0 Å². The van der Waals surface area contributed by atoms with Gasteiger partial charge in [0.05, 0.1) is 42.4 Å². The predicted molar refractivity (Wildman–Crippen MR) is 193 cm³/mol. The molecule has 4 saturated heterocycles. The highest BCUT2D eigenvalue weighted by Gasteiger charge is 2.78. The molecule has 0 radical (unpaired) electrons. The number of fused-ring (bicyclic) bond motifs is 1. The summed E-state index contributed by atoms with van der Waals surface area (Å²) < 4.78 is 4.23. The van der Waals surface area contributed by atoms with Crippen molar-refractivity contribution in [3.8, 4) is 0 Å². The van der Waals surface area contributed by atoms with Crippen LogP contribution in [0.4, 0.5) is 0 Å². The van der Waals surface area contributed by atoms with Crippen molar-refractivity contribution in [2.24, 2.45) is 11.8 Å². The van der Waals surface area contributed by atoms with Crippen LogP contribution in [0, 0.1) is 11.8 Å². The van der Waals surface area contributed by atoms with Gasteiger partial charge in [-0.3, -0.25) is 19.3 Å². The minimum absolute atomic E-state index is 0.0781. The van der Waals surface area contributed by atoms with Crippen LogP contribution in [0.5, 0.6) is 0 Å². The molecule has 6 rings (SSSR count). The lowest BCUT2D eigenvalue weighted by Gasteiger charge is -2.40. The quantitative estimate of drug-likeness (QED) is 0.286. The van der Waals surface area contributed by atoms with E-state index >= 15 is 9.59 Å². The van der Waals surface area contributed by atoms with Gasteiger partial charge in [-0.05, 0) is 37.3 Å². The number of rotatable bonds is 15. The second kappa shape index (κ2) is 15.2. The molecule has 10 heteroatoms. The average molecular weight is 687 g/mol. The molecule has 0 aliphatic carbocycles. The van der Waals surface area contributed by atoms with Gasteiger partial charge in [-0.2, -0.15) is 0 Å². The predicted octanol–water partition coefficient (Wildman–Crippen LogP) is 3.63. The highest BCUT2D eigenvalue weighted by molar-refractivity contribution is 8.02. The lowest BCUT2D eigenvalue weighted by Crippen LogP contribution is -2.58. The molecule has 4 heterocycles. The highest BCUT2D eigenvalue weighted by atomic mass is 32.2. The molecule has 262 valence electrons. The van der Waals surface area contributed by atoms with E-state index in [9.17, 15) is 9.90 Å². The molecule has 2 aromatic rings. The van der Waals surface area contributed by atoms with Crippen LogP contribution in [-0.4, -0.2) is 123 Å². The Hall–Kier alpha value is -3.44. The summed E-state index contributed by atoms with van der Waals surface area (Å²) in [5, 5.41) is 10.9. The molecule has 2 aromatic carbocycles. The number of ether oxygens (including phenoxy) is 1. The first-order valence-corrected chi connectivity index (χ1v) is 18.4. The number of amides is 3. The van der Waals surface area contributed by atoms with Crippen molar-refractivity contribution in [2.45, 2.75) is 54.3 Å². The van der Waals surface area contributed by atoms with Crippen LogP contribution < -0.4 is 0 Å². The van der Waals surface area contributed by atoms with Gasteiger partial charge in [-0.1, -0.05) is 72.8 Å². The number of aliphatic hydroxyl groups is 1. The molecule has 3 amide bonds. The number of benzene rings is 2. The van der Waals surface area contributed by atoms with Gasteiger partial charge in [-0.25, -0.2) is 0 Å². The fourth-order valence-electron chi connectivity index (χ4n) is 8.65. The maximum Gasteiger partial charge on any atom is 0.247 e. The number of morpholine rings is 1. The third-order valence-corrected chi connectivity index (χ3v) is 12.9. The summed E-state index contributed by atoms with van der Waals surface area (Å²) in [5.74, 6) is -1.71. The first-order valence-electron chi connectivity index (χ1n) is 17.6. The van der Waals surface area contributed by atoms with Crippen LogP contribution in [-0.2, 0) is 32.1 Å². The number of carbonyl (C=O) groups excluding carboxylic acids is 3. The van der Waals surface area contributed by atoms with Gasteiger partial charge < -0.3 is 24.5 Å². The molecular weight excluding hydrogens is 637 g/mol. The van der Waals surface area contributed by atoms with Crippen molar-refractivity contribution in [1.29, 1.82) is 0 Å². The molecule has 2 bridgehead atoms. The van der Waals surface area contributed by atoms with E-state index in [0.29, 0.717) is 58.8 Å². The second-order valence-corrected chi connectivity index (χ2v) is 15.9. The lowest BCUT2D eigenvalue weighted by molar-refractivity contribution is -0.148. The monoisotopic (exact) mass is 686 g/mol. The van der Waals surface area contributed by atoms with Crippen LogP contribution in [0.2, 0.25) is 0 Å². The molecule has 2 unspecified atom stereocenters. The Bertz CT molecular complexity index is 1500. The fraction of sp³-hybridized carbons (Fsp3) is 0.513. The molecule has 49 heavy (non-hydrogen) atoms. The Morgan fingerprint density at radius 3 is 2.24 bits per heavy atom. The number of hydrogen-bond donors (Lipinski definition) is 1. The number of aliphatic hydroxyl groups excluding tert-OH is 1. The van der Waals surface area contributed by atoms with E-state index < -0.39 is 33.4 Å². The zero-order valence-electron chi connectivity index (χ0n) is 28.6. The van der Waals surface area contributed by atoms with Crippen molar-refractivity contribution in [1.82, 2.24) is 19.6 Å². The van der Waals surface area contributed by atoms with Crippen molar-refractivity contribution in [3.63, 3.8) is 0 Å². The summed E-state index contributed by atoms with van der Waals surface area (Å²) in [4.78, 5) is 52.5. The summed E-state index contributed by atoms with van der Waals surface area (Å²) >= 11 is 1.67. The number of nitrogens with zero attached hydrogens (tertiary/aromatic N) is 4. The third kappa shape index (κ3) is 6.85. The first kappa shape index (κ1) is 35.4. The van der Waals surface area contributed by atoms with Crippen molar-refractivity contribution in [3.05, 3.63) is 97.1 Å². The number of thioether (sulfide) groups is 1. The highest BCUT2D eigenvalue weighted by Crippen LogP contribution is 2.72. The molecule has 4 aliphatic heterocycles. The Balaban J connectivity index is 1.38. The molecule has 6 atom stereocenters. The molecular formula is C39H50N4O5S.